The van der Waals surface area contributed by atoms with E-state index in [1.807, 2.05) is 18.2 Å². The fraction of sp³-hybridized carbons (Fsp3) is 0.318. The van der Waals surface area contributed by atoms with E-state index in [9.17, 15) is 14.4 Å². The summed E-state index contributed by atoms with van der Waals surface area (Å²) >= 11 is 0. The van der Waals surface area contributed by atoms with Gasteiger partial charge in [0.25, 0.3) is 0 Å². The van der Waals surface area contributed by atoms with Gasteiger partial charge in [-0.05, 0) is 42.5 Å². The Bertz CT molecular complexity index is 943. The summed E-state index contributed by atoms with van der Waals surface area (Å²) in [6.07, 6.45) is 3.21. The second-order valence-corrected chi connectivity index (χ2v) is 7.34. The Balaban J connectivity index is 1.30. The van der Waals surface area contributed by atoms with Crippen molar-refractivity contribution in [3.05, 3.63) is 59.7 Å². The van der Waals surface area contributed by atoms with Crippen molar-refractivity contribution in [1.29, 1.82) is 0 Å². The van der Waals surface area contributed by atoms with Crippen LogP contribution in [0.3, 0.4) is 0 Å². The largest absolute Gasteiger partial charge is 0.349 e. The van der Waals surface area contributed by atoms with Gasteiger partial charge in [0.2, 0.25) is 11.8 Å². The number of nitrogens with zero attached hydrogens (tertiary/aromatic N) is 1. The molecule has 2 aromatic rings. The van der Waals surface area contributed by atoms with Crippen LogP contribution in [0.5, 0.6) is 0 Å². The first kappa shape index (κ1) is 19.0. The highest BCUT2D eigenvalue weighted by atomic mass is 16.2. The van der Waals surface area contributed by atoms with Gasteiger partial charge in [0.1, 0.15) is 6.54 Å². The first-order valence-electron chi connectivity index (χ1n) is 9.93. The van der Waals surface area contributed by atoms with Crippen LogP contribution in [-0.2, 0) is 16.0 Å². The van der Waals surface area contributed by atoms with Crippen LogP contribution in [0.1, 0.15) is 36.4 Å². The summed E-state index contributed by atoms with van der Waals surface area (Å²) in [5.41, 5.74) is 3.73. The molecule has 0 saturated heterocycles. The molecule has 150 valence electrons. The molecule has 3 N–H and O–H groups in total. The number of hydrogen-bond donors (Lipinski definition) is 3. The molecule has 2 aromatic carbocycles. The minimum atomic E-state index is -0.386. The van der Waals surface area contributed by atoms with Crippen LogP contribution in [0.15, 0.2) is 48.5 Å². The van der Waals surface area contributed by atoms with Crippen molar-refractivity contribution >= 4 is 29.2 Å². The van der Waals surface area contributed by atoms with Crippen LogP contribution >= 0.6 is 0 Å². The molecule has 0 bridgehead atoms. The van der Waals surface area contributed by atoms with Crippen molar-refractivity contribution in [2.45, 2.75) is 31.7 Å². The van der Waals surface area contributed by atoms with Crippen molar-refractivity contribution in [3.63, 3.8) is 0 Å². The van der Waals surface area contributed by atoms with Crippen LogP contribution < -0.4 is 20.9 Å². The Morgan fingerprint density at radius 2 is 1.90 bits per heavy atom. The molecule has 29 heavy (non-hydrogen) atoms. The molecule has 0 saturated carbocycles. The van der Waals surface area contributed by atoms with E-state index in [4.69, 9.17) is 0 Å². The lowest BCUT2D eigenvalue weighted by molar-refractivity contribution is -0.121. The number of para-hydroxylation sites is 2. The Hall–Kier alpha value is -3.35. The fourth-order valence-electron chi connectivity index (χ4n) is 3.96. The maximum Gasteiger partial charge on any atom is 0.322 e. The minimum absolute atomic E-state index is 0.0285. The molecular weight excluding hydrogens is 368 g/mol. The van der Waals surface area contributed by atoms with Crippen molar-refractivity contribution in [3.8, 4) is 0 Å². The lowest BCUT2D eigenvalue weighted by atomic mass is 9.88. The topological polar surface area (TPSA) is 90.5 Å². The van der Waals surface area contributed by atoms with E-state index in [-0.39, 0.29) is 43.4 Å². The van der Waals surface area contributed by atoms with E-state index < -0.39 is 0 Å². The van der Waals surface area contributed by atoms with Gasteiger partial charge in [-0.2, -0.15) is 0 Å². The third-order valence-electron chi connectivity index (χ3n) is 5.35. The van der Waals surface area contributed by atoms with E-state index in [0.29, 0.717) is 11.4 Å². The number of anilines is 2. The Kier molecular flexibility index (Phi) is 5.46. The quantitative estimate of drug-likeness (QED) is 0.747. The van der Waals surface area contributed by atoms with Crippen molar-refractivity contribution < 1.29 is 14.4 Å². The van der Waals surface area contributed by atoms with Gasteiger partial charge in [0.15, 0.2) is 0 Å². The van der Waals surface area contributed by atoms with Crippen LogP contribution in [0.2, 0.25) is 0 Å². The molecule has 1 atom stereocenters. The molecule has 0 aromatic heterocycles. The van der Waals surface area contributed by atoms with Crippen LogP contribution in [-0.4, -0.2) is 30.9 Å². The SMILES string of the molecule is O=C1CN(C(=O)NCCC(=O)NC2CCCc3ccccc32)c2ccccc2N1. The molecule has 0 fully saturated rings. The van der Waals surface area contributed by atoms with Gasteiger partial charge in [0.05, 0.1) is 17.4 Å². The minimum Gasteiger partial charge on any atom is -0.349 e. The third-order valence-corrected chi connectivity index (χ3v) is 5.35. The zero-order chi connectivity index (χ0) is 20.2. The number of nitrogens with one attached hydrogen (secondary N) is 3. The first-order valence-corrected chi connectivity index (χ1v) is 9.93. The number of fused-ring (bicyclic) bond motifs is 2. The molecule has 1 aliphatic heterocycles. The van der Waals surface area contributed by atoms with Gasteiger partial charge in [-0.1, -0.05) is 36.4 Å². The summed E-state index contributed by atoms with van der Waals surface area (Å²) in [4.78, 5) is 38.2. The number of amides is 4. The Morgan fingerprint density at radius 3 is 2.79 bits per heavy atom. The Labute approximate surface area is 169 Å². The Morgan fingerprint density at radius 1 is 1.10 bits per heavy atom. The predicted molar refractivity (Wildman–Crippen MR) is 111 cm³/mol. The zero-order valence-electron chi connectivity index (χ0n) is 16.1. The number of carbonyl (C=O) groups is 3. The van der Waals surface area contributed by atoms with Crippen molar-refractivity contribution in [2.24, 2.45) is 0 Å². The van der Waals surface area contributed by atoms with Gasteiger partial charge >= 0.3 is 6.03 Å². The average molecular weight is 392 g/mol. The lowest BCUT2D eigenvalue weighted by Crippen LogP contribution is -2.47. The summed E-state index contributed by atoms with van der Waals surface area (Å²) in [6, 6.07) is 15.0. The molecular formula is C22H24N4O3. The van der Waals surface area contributed by atoms with Crippen LogP contribution in [0.25, 0.3) is 0 Å². The number of hydrogen-bond acceptors (Lipinski definition) is 3. The second kappa shape index (κ2) is 8.34. The monoisotopic (exact) mass is 392 g/mol. The molecule has 7 nitrogen and oxygen atoms in total. The van der Waals surface area contributed by atoms with E-state index >= 15 is 0 Å². The molecule has 7 heteroatoms. The molecule has 1 unspecified atom stereocenters. The van der Waals surface area contributed by atoms with Gasteiger partial charge in [-0.15, -0.1) is 0 Å². The highest BCUT2D eigenvalue weighted by Gasteiger charge is 2.26. The third kappa shape index (κ3) is 4.23. The summed E-state index contributed by atoms with van der Waals surface area (Å²) in [5, 5.41) is 8.58. The van der Waals surface area contributed by atoms with Gasteiger partial charge in [-0.3, -0.25) is 14.5 Å². The normalized spacial score (nSPS) is 17.6. The molecule has 1 heterocycles. The molecule has 4 rings (SSSR count). The van der Waals surface area contributed by atoms with Crippen LogP contribution in [0, 0.1) is 0 Å². The van der Waals surface area contributed by atoms with E-state index in [2.05, 4.69) is 28.1 Å². The molecule has 0 radical (unpaired) electrons. The maximum absolute atomic E-state index is 12.5. The summed E-state index contributed by atoms with van der Waals surface area (Å²) in [6.45, 7) is 0.160. The number of benzene rings is 2. The van der Waals surface area contributed by atoms with Gasteiger partial charge in [0, 0.05) is 13.0 Å². The summed E-state index contributed by atoms with van der Waals surface area (Å²) in [5.74, 6) is -0.337. The first-order chi connectivity index (χ1) is 14.1. The zero-order valence-corrected chi connectivity index (χ0v) is 16.1. The standard InChI is InChI=1S/C22H24N4O3/c27-20(24-17-10-5-7-15-6-1-2-8-16(15)17)12-13-23-22(29)26-14-21(28)25-18-9-3-4-11-19(18)26/h1-4,6,8-9,11,17H,5,7,10,12-14H2,(H,23,29)(H,24,27)(H,25,28). The van der Waals surface area contributed by atoms with Crippen LogP contribution in [0.4, 0.5) is 16.2 Å². The summed E-state index contributed by atoms with van der Waals surface area (Å²) in [7, 11) is 0. The van der Waals surface area contributed by atoms with Gasteiger partial charge in [-0.25, -0.2) is 4.79 Å². The maximum atomic E-state index is 12.5. The predicted octanol–water partition coefficient (Wildman–Crippen LogP) is 2.74. The summed E-state index contributed by atoms with van der Waals surface area (Å²) < 4.78 is 0. The van der Waals surface area contributed by atoms with Crippen molar-refractivity contribution in [2.75, 3.05) is 23.3 Å². The fourth-order valence-corrected chi connectivity index (χ4v) is 3.96. The number of rotatable bonds is 4. The molecule has 2 aliphatic rings. The number of urea groups is 1. The van der Waals surface area contributed by atoms with E-state index in [1.165, 1.54) is 16.0 Å². The van der Waals surface area contributed by atoms with Gasteiger partial charge < -0.3 is 16.0 Å². The molecule has 0 spiro atoms. The second-order valence-electron chi connectivity index (χ2n) is 7.34. The number of carbonyl (C=O) groups excluding carboxylic acids is 3. The highest BCUT2D eigenvalue weighted by Crippen LogP contribution is 2.30. The highest BCUT2D eigenvalue weighted by molar-refractivity contribution is 6.09. The lowest BCUT2D eigenvalue weighted by Gasteiger charge is -2.29. The van der Waals surface area contributed by atoms with E-state index in [1.54, 1.807) is 18.2 Å². The smallest absolute Gasteiger partial charge is 0.322 e. The van der Waals surface area contributed by atoms with Crippen molar-refractivity contribution in [1.82, 2.24) is 10.6 Å². The van der Waals surface area contributed by atoms with E-state index in [0.717, 1.165) is 19.3 Å². The molecule has 1 aliphatic carbocycles. The average Bonchev–Trinajstić information content (AvgIpc) is 2.73. The molecule has 4 amide bonds. The number of aryl methyl sites for hydroxylation is 1.